The summed E-state index contributed by atoms with van der Waals surface area (Å²) in [6.45, 7) is 4.53. The molecule has 138 valence electrons. The van der Waals surface area contributed by atoms with Crippen LogP contribution in [0.15, 0.2) is 12.1 Å². The zero-order valence-corrected chi connectivity index (χ0v) is 15.0. The number of nitrogens with one attached hydrogen (secondary N) is 1. The Bertz CT molecular complexity index is 532. The van der Waals surface area contributed by atoms with Crippen molar-refractivity contribution in [2.45, 2.75) is 38.4 Å². The van der Waals surface area contributed by atoms with Crippen LogP contribution in [0, 0.1) is 5.82 Å². The van der Waals surface area contributed by atoms with Gasteiger partial charge in [0.15, 0.2) is 0 Å². The summed E-state index contributed by atoms with van der Waals surface area (Å²) in [5, 5.41) is 2.90. The maximum absolute atomic E-state index is 14.6. The Morgan fingerprint density at radius 3 is 2.42 bits per heavy atom. The average molecular weight is 389 g/mol. The molecule has 0 unspecified atom stereocenters. The molecule has 24 heavy (non-hydrogen) atoms. The number of unbranched alkanes of at least 4 members (excludes halogenated alkanes) is 1. The van der Waals surface area contributed by atoms with Crippen molar-refractivity contribution in [2.24, 2.45) is 0 Å². The molecule has 1 heterocycles. The molecule has 0 spiro atoms. The van der Waals surface area contributed by atoms with E-state index in [1.807, 2.05) is 11.8 Å². The summed E-state index contributed by atoms with van der Waals surface area (Å²) in [6.07, 6.45) is -2.54. The minimum absolute atomic E-state index is 0. The van der Waals surface area contributed by atoms with E-state index < -0.39 is 23.6 Å². The lowest BCUT2D eigenvalue weighted by molar-refractivity contribution is -0.139. The van der Waals surface area contributed by atoms with E-state index in [1.165, 1.54) is 0 Å². The summed E-state index contributed by atoms with van der Waals surface area (Å²) < 4.78 is 54.7. The van der Waals surface area contributed by atoms with Crippen molar-refractivity contribution < 1.29 is 17.6 Å². The molecule has 1 aromatic rings. The van der Waals surface area contributed by atoms with Crippen LogP contribution in [-0.2, 0) is 6.18 Å². The zero-order valence-electron chi connectivity index (χ0n) is 13.4. The van der Waals surface area contributed by atoms with Gasteiger partial charge in [-0.05, 0) is 18.6 Å². The molecule has 1 aromatic carbocycles. The third kappa shape index (κ3) is 4.97. The van der Waals surface area contributed by atoms with Crippen molar-refractivity contribution >= 4 is 24.0 Å². The van der Waals surface area contributed by atoms with Gasteiger partial charge in [-0.15, -0.1) is 12.4 Å². The van der Waals surface area contributed by atoms with Crippen LogP contribution in [0.25, 0.3) is 0 Å². The lowest BCUT2D eigenvalue weighted by atomic mass is 9.93. The van der Waals surface area contributed by atoms with Crippen LogP contribution in [0.2, 0.25) is 5.02 Å². The number of piperazine rings is 1. The molecular weight excluding hydrogens is 367 g/mol. The number of rotatable bonds is 5. The maximum Gasteiger partial charge on any atom is 0.416 e. The molecule has 0 radical (unpaired) electrons. The molecule has 0 saturated carbocycles. The Kier molecular flexibility index (Phi) is 8.26. The van der Waals surface area contributed by atoms with Gasteiger partial charge in [0.25, 0.3) is 0 Å². The van der Waals surface area contributed by atoms with E-state index in [2.05, 4.69) is 5.32 Å². The summed E-state index contributed by atoms with van der Waals surface area (Å²) in [4.78, 5) is 1.93. The third-order valence-electron chi connectivity index (χ3n) is 4.19. The van der Waals surface area contributed by atoms with E-state index >= 15 is 0 Å². The molecule has 1 fully saturated rings. The van der Waals surface area contributed by atoms with Crippen LogP contribution in [0.1, 0.15) is 43.4 Å². The fraction of sp³-hybridized carbons (Fsp3) is 0.625. The third-order valence-corrected chi connectivity index (χ3v) is 4.49. The Hall–Kier alpha value is -0.560. The van der Waals surface area contributed by atoms with Crippen LogP contribution in [-0.4, -0.2) is 31.1 Å². The Morgan fingerprint density at radius 2 is 1.88 bits per heavy atom. The molecule has 0 amide bonds. The van der Waals surface area contributed by atoms with Crippen molar-refractivity contribution in [1.29, 1.82) is 0 Å². The second-order valence-corrected chi connectivity index (χ2v) is 6.17. The highest BCUT2D eigenvalue weighted by atomic mass is 35.5. The monoisotopic (exact) mass is 388 g/mol. The second kappa shape index (κ2) is 9.22. The van der Waals surface area contributed by atoms with E-state index in [1.54, 1.807) is 0 Å². The molecule has 2 rings (SSSR count). The highest BCUT2D eigenvalue weighted by Crippen LogP contribution is 2.41. The van der Waals surface area contributed by atoms with E-state index in [0.29, 0.717) is 32.6 Å². The van der Waals surface area contributed by atoms with E-state index in [4.69, 9.17) is 11.6 Å². The molecule has 0 bridgehead atoms. The molecule has 1 aliphatic heterocycles. The molecule has 0 aromatic heterocycles. The molecule has 8 heteroatoms. The predicted octanol–water partition coefficient (Wildman–Crippen LogP) is 5.06. The first-order valence-electron chi connectivity index (χ1n) is 7.86. The second-order valence-electron chi connectivity index (χ2n) is 5.76. The molecule has 1 N–H and O–H groups in total. The van der Waals surface area contributed by atoms with Gasteiger partial charge in [0.05, 0.1) is 10.6 Å². The summed E-state index contributed by atoms with van der Waals surface area (Å²) >= 11 is 5.78. The van der Waals surface area contributed by atoms with Crippen LogP contribution < -0.4 is 5.32 Å². The van der Waals surface area contributed by atoms with Gasteiger partial charge in [-0.25, -0.2) is 4.39 Å². The van der Waals surface area contributed by atoms with Gasteiger partial charge in [-0.1, -0.05) is 31.4 Å². The fourth-order valence-corrected chi connectivity index (χ4v) is 3.20. The quantitative estimate of drug-likeness (QED) is 0.709. The van der Waals surface area contributed by atoms with Crippen molar-refractivity contribution in [3.8, 4) is 0 Å². The Balaban J connectivity index is 0.00000288. The summed E-state index contributed by atoms with van der Waals surface area (Å²) in [7, 11) is 0. The number of benzene rings is 1. The van der Waals surface area contributed by atoms with Gasteiger partial charge >= 0.3 is 6.18 Å². The molecular formula is C16H22Cl2F4N2. The first-order valence-corrected chi connectivity index (χ1v) is 8.24. The van der Waals surface area contributed by atoms with Crippen LogP contribution in [0.3, 0.4) is 0 Å². The normalized spacial score (nSPS) is 17.4. The Labute approximate surface area is 151 Å². The average Bonchev–Trinajstić information content (AvgIpc) is 2.51. The summed E-state index contributed by atoms with van der Waals surface area (Å²) in [5.41, 5.74) is -1.22. The van der Waals surface area contributed by atoms with Crippen LogP contribution >= 0.6 is 24.0 Å². The highest BCUT2D eigenvalue weighted by Gasteiger charge is 2.39. The minimum atomic E-state index is -4.60. The minimum Gasteiger partial charge on any atom is -0.314 e. The first-order chi connectivity index (χ1) is 10.9. The van der Waals surface area contributed by atoms with Crippen molar-refractivity contribution in [3.05, 3.63) is 34.1 Å². The fourth-order valence-electron chi connectivity index (χ4n) is 3.04. The summed E-state index contributed by atoms with van der Waals surface area (Å²) in [6, 6.07) is 1.27. The predicted molar refractivity (Wildman–Crippen MR) is 90.4 cm³/mol. The van der Waals surface area contributed by atoms with Crippen LogP contribution in [0.4, 0.5) is 17.6 Å². The summed E-state index contributed by atoms with van der Waals surface area (Å²) in [5.74, 6) is -0.943. The van der Waals surface area contributed by atoms with Gasteiger partial charge in [-0.2, -0.15) is 13.2 Å². The highest BCUT2D eigenvalue weighted by molar-refractivity contribution is 6.30. The number of alkyl halides is 3. The van der Waals surface area contributed by atoms with Crippen molar-refractivity contribution in [2.75, 3.05) is 26.2 Å². The SMILES string of the molecule is CCCC[C@@H](c1c(C(F)(F)F)ccc(Cl)c1F)N1CCNCC1.Cl. The Morgan fingerprint density at radius 1 is 1.25 bits per heavy atom. The van der Waals surface area contributed by atoms with E-state index in [9.17, 15) is 17.6 Å². The first kappa shape index (κ1) is 21.5. The lowest BCUT2D eigenvalue weighted by Gasteiger charge is -2.36. The molecule has 2 nitrogen and oxygen atoms in total. The van der Waals surface area contributed by atoms with E-state index in [-0.39, 0.29) is 23.0 Å². The molecule has 1 aliphatic rings. The maximum atomic E-state index is 14.6. The lowest BCUT2D eigenvalue weighted by Crippen LogP contribution is -2.45. The number of halogens is 6. The zero-order chi connectivity index (χ0) is 17.0. The van der Waals surface area contributed by atoms with Crippen LogP contribution in [0.5, 0.6) is 0 Å². The standard InChI is InChI=1S/C16H21ClF4N2.ClH/c1-2-3-4-13(23-9-7-22-8-10-23)14-11(16(19,20)21)5-6-12(17)15(14)18;/h5-6,13,22H,2-4,7-10H2,1H3;1H/t13-;/m0./s1. The topological polar surface area (TPSA) is 15.3 Å². The number of hydrogen-bond acceptors (Lipinski definition) is 2. The molecule has 1 atom stereocenters. The molecule has 0 aliphatic carbocycles. The van der Waals surface area contributed by atoms with Gasteiger partial charge in [0, 0.05) is 37.8 Å². The number of nitrogens with zero attached hydrogens (tertiary/aromatic N) is 1. The number of hydrogen-bond donors (Lipinski definition) is 1. The van der Waals surface area contributed by atoms with Gasteiger partial charge in [-0.3, -0.25) is 4.90 Å². The van der Waals surface area contributed by atoms with Crippen molar-refractivity contribution in [3.63, 3.8) is 0 Å². The smallest absolute Gasteiger partial charge is 0.314 e. The van der Waals surface area contributed by atoms with E-state index in [0.717, 1.165) is 25.0 Å². The van der Waals surface area contributed by atoms with Gasteiger partial charge in [0.1, 0.15) is 5.82 Å². The van der Waals surface area contributed by atoms with Gasteiger partial charge in [0.2, 0.25) is 0 Å². The van der Waals surface area contributed by atoms with Crippen molar-refractivity contribution in [1.82, 2.24) is 10.2 Å². The molecule has 1 saturated heterocycles. The largest absolute Gasteiger partial charge is 0.416 e. The van der Waals surface area contributed by atoms with Gasteiger partial charge < -0.3 is 5.32 Å².